The molecule has 0 saturated carbocycles. The highest BCUT2D eigenvalue weighted by molar-refractivity contribution is 8.00. The number of ether oxygens (including phenoxy) is 1. The summed E-state index contributed by atoms with van der Waals surface area (Å²) >= 11 is 1.10. The molecular formula is C16H14F3NO2S. The van der Waals surface area contributed by atoms with Gasteiger partial charge in [0.25, 0.3) is 0 Å². The van der Waals surface area contributed by atoms with Gasteiger partial charge >= 0.3 is 6.61 Å². The lowest BCUT2D eigenvalue weighted by Gasteiger charge is -2.13. The van der Waals surface area contributed by atoms with Crippen LogP contribution in [-0.2, 0) is 4.79 Å². The van der Waals surface area contributed by atoms with Crippen molar-refractivity contribution in [1.29, 1.82) is 0 Å². The van der Waals surface area contributed by atoms with E-state index in [0.29, 0.717) is 10.6 Å². The zero-order valence-electron chi connectivity index (χ0n) is 12.1. The van der Waals surface area contributed by atoms with Crippen LogP contribution in [0, 0.1) is 5.82 Å². The van der Waals surface area contributed by atoms with E-state index in [9.17, 15) is 18.0 Å². The van der Waals surface area contributed by atoms with Gasteiger partial charge in [0.1, 0.15) is 11.6 Å². The Balaban J connectivity index is 1.94. The van der Waals surface area contributed by atoms with Gasteiger partial charge in [-0.2, -0.15) is 8.78 Å². The van der Waals surface area contributed by atoms with Crippen LogP contribution < -0.4 is 10.1 Å². The van der Waals surface area contributed by atoms with Crippen LogP contribution in [0.3, 0.4) is 0 Å². The van der Waals surface area contributed by atoms with Gasteiger partial charge in [-0.15, -0.1) is 11.8 Å². The van der Waals surface area contributed by atoms with Gasteiger partial charge in [-0.3, -0.25) is 4.79 Å². The first-order valence-corrected chi connectivity index (χ1v) is 7.60. The summed E-state index contributed by atoms with van der Waals surface area (Å²) in [7, 11) is 0. The zero-order chi connectivity index (χ0) is 16.8. The molecule has 0 radical (unpaired) electrons. The lowest BCUT2D eigenvalue weighted by Crippen LogP contribution is -2.22. The molecule has 1 N–H and O–H groups in total. The zero-order valence-corrected chi connectivity index (χ0v) is 12.9. The fourth-order valence-electron chi connectivity index (χ4n) is 1.75. The topological polar surface area (TPSA) is 38.3 Å². The Morgan fingerprint density at radius 1 is 1.13 bits per heavy atom. The second-order valence-corrected chi connectivity index (χ2v) is 5.97. The van der Waals surface area contributed by atoms with Crippen LogP contribution in [0.5, 0.6) is 5.75 Å². The van der Waals surface area contributed by atoms with Crippen molar-refractivity contribution < 1.29 is 22.7 Å². The Hall–Kier alpha value is -2.15. The number of alkyl halides is 2. The normalized spacial score (nSPS) is 12.0. The van der Waals surface area contributed by atoms with Crippen molar-refractivity contribution >= 4 is 23.4 Å². The minimum absolute atomic E-state index is 0.00628. The average Bonchev–Trinajstić information content (AvgIpc) is 2.51. The summed E-state index contributed by atoms with van der Waals surface area (Å²) in [4.78, 5) is 12.5. The molecule has 0 aromatic heterocycles. The molecule has 7 heteroatoms. The molecule has 0 aliphatic heterocycles. The van der Waals surface area contributed by atoms with E-state index < -0.39 is 11.9 Å². The van der Waals surface area contributed by atoms with Crippen molar-refractivity contribution in [2.45, 2.75) is 23.7 Å². The van der Waals surface area contributed by atoms with Crippen LogP contribution in [-0.4, -0.2) is 17.8 Å². The van der Waals surface area contributed by atoms with Crippen LogP contribution in [0.25, 0.3) is 0 Å². The molecule has 0 aliphatic rings. The second-order valence-electron chi connectivity index (χ2n) is 4.58. The Bertz CT molecular complexity index is 665. The van der Waals surface area contributed by atoms with E-state index in [0.717, 1.165) is 11.8 Å². The highest BCUT2D eigenvalue weighted by Crippen LogP contribution is 2.27. The van der Waals surface area contributed by atoms with Crippen molar-refractivity contribution in [2.75, 3.05) is 5.32 Å². The summed E-state index contributed by atoms with van der Waals surface area (Å²) in [5.74, 6) is -0.696. The number of thioether (sulfide) groups is 1. The maximum atomic E-state index is 13.6. The van der Waals surface area contributed by atoms with Crippen LogP contribution in [0.15, 0.2) is 53.4 Å². The number of carbonyl (C=O) groups is 1. The number of carbonyl (C=O) groups excluding carboxylic acids is 1. The standard InChI is InChI=1S/C16H14F3NO2S/c1-10(23-14-5-3-2-4-13(14)17)15(21)20-11-6-8-12(9-7-11)22-16(18)19/h2-10,16H,1H3,(H,20,21). The van der Waals surface area contributed by atoms with Crippen molar-refractivity contribution in [1.82, 2.24) is 0 Å². The largest absolute Gasteiger partial charge is 0.435 e. The molecule has 122 valence electrons. The van der Waals surface area contributed by atoms with E-state index in [1.165, 1.54) is 30.3 Å². The summed E-state index contributed by atoms with van der Waals surface area (Å²) in [6.45, 7) is -1.24. The Morgan fingerprint density at radius 3 is 2.39 bits per heavy atom. The van der Waals surface area contributed by atoms with Gasteiger partial charge in [-0.1, -0.05) is 12.1 Å². The predicted molar refractivity (Wildman–Crippen MR) is 83.4 cm³/mol. The number of nitrogens with one attached hydrogen (secondary N) is 1. The second kappa shape index (κ2) is 7.92. The number of hydrogen-bond acceptors (Lipinski definition) is 3. The van der Waals surface area contributed by atoms with Gasteiger partial charge in [-0.25, -0.2) is 4.39 Å². The highest BCUT2D eigenvalue weighted by Gasteiger charge is 2.16. The lowest BCUT2D eigenvalue weighted by atomic mass is 10.3. The van der Waals surface area contributed by atoms with E-state index in [1.807, 2.05) is 0 Å². The first-order valence-electron chi connectivity index (χ1n) is 6.72. The SMILES string of the molecule is CC(Sc1ccccc1F)C(=O)Nc1ccc(OC(F)F)cc1. The Labute approximate surface area is 135 Å². The van der Waals surface area contributed by atoms with E-state index in [1.54, 1.807) is 25.1 Å². The van der Waals surface area contributed by atoms with Gasteiger partial charge < -0.3 is 10.1 Å². The molecule has 0 fully saturated rings. The fraction of sp³-hybridized carbons (Fsp3) is 0.188. The molecule has 0 heterocycles. The molecule has 0 aliphatic carbocycles. The van der Waals surface area contributed by atoms with Crippen molar-refractivity contribution in [3.63, 3.8) is 0 Å². The first-order chi connectivity index (χ1) is 11.0. The summed E-state index contributed by atoms with van der Waals surface area (Å²) in [5, 5.41) is 2.11. The maximum absolute atomic E-state index is 13.6. The molecule has 1 unspecified atom stereocenters. The third-order valence-corrected chi connectivity index (χ3v) is 4.01. The molecular weight excluding hydrogens is 327 g/mol. The molecule has 2 aromatic carbocycles. The van der Waals surface area contributed by atoms with Crippen molar-refractivity contribution in [3.05, 3.63) is 54.3 Å². The highest BCUT2D eigenvalue weighted by atomic mass is 32.2. The van der Waals surface area contributed by atoms with Crippen molar-refractivity contribution in [3.8, 4) is 5.75 Å². The molecule has 1 amide bonds. The van der Waals surface area contributed by atoms with E-state index in [2.05, 4.69) is 10.1 Å². The van der Waals surface area contributed by atoms with Gasteiger partial charge in [0, 0.05) is 10.6 Å². The number of hydrogen-bond donors (Lipinski definition) is 1. The van der Waals surface area contributed by atoms with Gasteiger partial charge in [0.15, 0.2) is 0 Å². The average molecular weight is 341 g/mol. The minimum Gasteiger partial charge on any atom is -0.435 e. The van der Waals surface area contributed by atoms with Crippen LogP contribution in [0.4, 0.5) is 18.9 Å². The summed E-state index contributed by atoms with van der Waals surface area (Å²) < 4.78 is 41.9. The van der Waals surface area contributed by atoms with Crippen molar-refractivity contribution in [2.24, 2.45) is 0 Å². The lowest BCUT2D eigenvalue weighted by molar-refractivity contribution is -0.115. The molecule has 0 spiro atoms. The number of amides is 1. The number of benzene rings is 2. The summed E-state index contributed by atoms with van der Waals surface area (Å²) in [6, 6.07) is 11.8. The molecule has 3 nitrogen and oxygen atoms in total. The molecule has 23 heavy (non-hydrogen) atoms. The smallest absolute Gasteiger partial charge is 0.387 e. The van der Waals surface area contributed by atoms with E-state index >= 15 is 0 Å². The number of rotatable bonds is 6. The maximum Gasteiger partial charge on any atom is 0.387 e. The third-order valence-electron chi connectivity index (χ3n) is 2.86. The molecule has 2 aromatic rings. The van der Waals surface area contributed by atoms with Crippen LogP contribution in [0.1, 0.15) is 6.92 Å². The van der Waals surface area contributed by atoms with E-state index in [4.69, 9.17) is 0 Å². The van der Waals surface area contributed by atoms with Crippen LogP contribution in [0.2, 0.25) is 0 Å². The molecule has 0 bridgehead atoms. The monoisotopic (exact) mass is 341 g/mol. The predicted octanol–water partition coefficient (Wildman–Crippen LogP) is 4.55. The third kappa shape index (κ3) is 5.21. The quantitative estimate of drug-likeness (QED) is 0.784. The van der Waals surface area contributed by atoms with E-state index in [-0.39, 0.29) is 17.5 Å². The fourth-order valence-corrected chi connectivity index (χ4v) is 2.63. The summed E-state index contributed by atoms with van der Waals surface area (Å²) in [5.41, 5.74) is 0.442. The van der Waals surface area contributed by atoms with Gasteiger partial charge in [0.2, 0.25) is 5.91 Å². The first kappa shape index (κ1) is 17.2. The number of halogens is 3. The van der Waals surface area contributed by atoms with Gasteiger partial charge in [-0.05, 0) is 43.3 Å². The molecule has 0 saturated heterocycles. The summed E-state index contributed by atoms with van der Waals surface area (Å²) in [6.07, 6.45) is 0. The molecule has 2 rings (SSSR count). The molecule has 1 atom stereocenters. The number of anilines is 1. The Kier molecular flexibility index (Phi) is 5.92. The van der Waals surface area contributed by atoms with Gasteiger partial charge in [0.05, 0.1) is 5.25 Å². The van der Waals surface area contributed by atoms with Crippen LogP contribution >= 0.6 is 11.8 Å². The Morgan fingerprint density at radius 2 is 1.78 bits per heavy atom. The minimum atomic E-state index is -2.90.